The molecule has 2 aliphatic carbocycles. The third-order valence-corrected chi connectivity index (χ3v) is 14.4. The van der Waals surface area contributed by atoms with Crippen molar-refractivity contribution in [2.45, 2.75) is 115 Å². The first-order valence-corrected chi connectivity index (χ1v) is 20.9. The van der Waals surface area contributed by atoms with Crippen molar-refractivity contribution in [1.82, 2.24) is 30.1 Å². The van der Waals surface area contributed by atoms with Crippen molar-refractivity contribution in [3.05, 3.63) is 57.3 Å². The van der Waals surface area contributed by atoms with Crippen molar-refractivity contribution in [1.29, 1.82) is 0 Å². The Hall–Kier alpha value is -4.25. The summed E-state index contributed by atoms with van der Waals surface area (Å²) in [6.45, 7) is 6.58. The molecule has 294 valence electrons. The fourth-order valence-corrected chi connectivity index (χ4v) is 9.41. The molecular formula is C38H44BrFN6O8S. The molecule has 4 heterocycles. The van der Waals surface area contributed by atoms with Crippen molar-refractivity contribution in [2.75, 3.05) is 6.54 Å². The number of Topliss-reactive ketones (excluding diaryl/α,β-unsaturated/α-hetero) is 1. The van der Waals surface area contributed by atoms with E-state index in [-0.39, 0.29) is 55.2 Å². The minimum atomic E-state index is -3.98. The van der Waals surface area contributed by atoms with E-state index in [1.165, 1.54) is 17.0 Å². The van der Waals surface area contributed by atoms with Crippen molar-refractivity contribution in [2.24, 2.45) is 11.3 Å². The van der Waals surface area contributed by atoms with Crippen LogP contribution in [0.3, 0.4) is 0 Å². The lowest BCUT2D eigenvalue weighted by Gasteiger charge is -2.29. The van der Waals surface area contributed by atoms with Crippen LogP contribution in [-0.2, 0) is 24.4 Å². The van der Waals surface area contributed by atoms with E-state index in [1.807, 2.05) is 12.2 Å². The number of rotatable bonds is 7. The van der Waals surface area contributed by atoms with Gasteiger partial charge in [-0.2, -0.15) is 0 Å². The minimum Gasteiger partial charge on any atom is -0.471 e. The second kappa shape index (κ2) is 14.7. The second-order valence-corrected chi connectivity index (χ2v) is 18.7. The smallest absolute Gasteiger partial charge is 0.274 e. The van der Waals surface area contributed by atoms with Crippen molar-refractivity contribution in [3.8, 4) is 5.88 Å². The summed E-state index contributed by atoms with van der Waals surface area (Å²) in [6, 6.07) is 0.402. The number of fused-ring (bicyclic) bond motifs is 3. The third-order valence-electron chi connectivity index (χ3n) is 11.6. The van der Waals surface area contributed by atoms with E-state index in [0.717, 1.165) is 12.8 Å². The quantitative estimate of drug-likeness (QED) is 0.302. The number of sulfonamides is 1. The molecule has 2 aliphatic heterocycles. The van der Waals surface area contributed by atoms with Gasteiger partial charge in [0.15, 0.2) is 11.5 Å². The van der Waals surface area contributed by atoms with Crippen LogP contribution in [0.15, 0.2) is 33.3 Å². The SMILES string of the molecule is Cc1nc2c(Br)cc(F)cc2nc1O[C@@H]1C[C@H]2C(=O)C[C@]3(C(=O)NS(=O)(=O)C4(C)CC4)C[C@H]3/C=C\CCCCC[C@H](NC(=O)c3noc(C)c3C)C(=O)N2C1. The summed E-state index contributed by atoms with van der Waals surface area (Å²) in [4.78, 5) is 67.0. The van der Waals surface area contributed by atoms with Crippen LogP contribution in [0, 0.1) is 37.9 Å². The summed E-state index contributed by atoms with van der Waals surface area (Å²) < 4.78 is 53.8. The summed E-state index contributed by atoms with van der Waals surface area (Å²) in [5.41, 5.74) is 0.353. The zero-order valence-corrected chi connectivity index (χ0v) is 33.5. The number of nitrogens with one attached hydrogen (secondary N) is 2. The summed E-state index contributed by atoms with van der Waals surface area (Å²) in [5, 5.41) is 6.73. The predicted molar refractivity (Wildman–Crippen MR) is 201 cm³/mol. The Morgan fingerprint density at radius 3 is 2.58 bits per heavy atom. The molecule has 4 aliphatic rings. The third kappa shape index (κ3) is 7.65. The van der Waals surface area contributed by atoms with Gasteiger partial charge < -0.3 is 19.5 Å². The number of aryl methyl sites for hydroxylation is 2. The first-order valence-electron chi connectivity index (χ1n) is 18.6. The lowest BCUT2D eigenvalue weighted by atomic mass is 9.91. The van der Waals surface area contributed by atoms with Crippen molar-refractivity contribution < 1.29 is 41.2 Å². The van der Waals surface area contributed by atoms with Gasteiger partial charge in [-0.25, -0.2) is 22.8 Å². The summed E-state index contributed by atoms with van der Waals surface area (Å²) in [7, 11) is -3.98. The molecule has 3 fully saturated rings. The molecule has 2 aromatic heterocycles. The summed E-state index contributed by atoms with van der Waals surface area (Å²) in [6.07, 6.45) is 7.04. The molecule has 0 spiro atoms. The molecule has 55 heavy (non-hydrogen) atoms. The zero-order chi connectivity index (χ0) is 39.4. The number of ketones is 1. The molecule has 14 nitrogen and oxygen atoms in total. The Labute approximate surface area is 326 Å². The van der Waals surface area contributed by atoms with E-state index in [9.17, 15) is 32.0 Å². The molecular weight excluding hydrogens is 799 g/mol. The largest absolute Gasteiger partial charge is 0.471 e. The number of allylic oxidation sites excluding steroid dienone is 2. The van der Waals surface area contributed by atoms with Gasteiger partial charge in [0, 0.05) is 28.9 Å². The Morgan fingerprint density at radius 2 is 1.87 bits per heavy atom. The number of carbonyl (C=O) groups excluding carboxylic acids is 4. The topological polar surface area (TPSA) is 191 Å². The van der Waals surface area contributed by atoms with Gasteiger partial charge in [-0.1, -0.05) is 30.2 Å². The van der Waals surface area contributed by atoms with Crippen molar-refractivity contribution >= 4 is 60.5 Å². The van der Waals surface area contributed by atoms with E-state index >= 15 is 0 Å². The maximum Gasteiger partial charge on any atom is 0.274 e. The molecule has 7 rings (SSSR count). The minimum absolute atomic E-state index is 0.0212. The van der Waals surface area contributed by atoms with Gasteiger partial charge in [0.05, 0.1) is 28.3 Å². The lowest BCUT2D eigenvalue weighted by molar-refractivity contribution is -0.140. The monoisotopic (exact) mass is 842 g/mol. The molecule has 17 heteroatoms. The highest BCUT2D eigenvalue weighted by atomic mass is 79.9. The van der Waals surface area contributed by atoms with E-state index < -0.39 is 67.7 Å². The van der Waals surface area contributed by atoms with Gasteiger partial charge in [-0.05, 0) is 94.1 Å². The van der Waals surface area contributed by atoms with Crippen LogP contribution in [0.25, 0.3) is 11.0 Å². The maximum atomic E-state index is 14.6. The highest BCUT2D eigenvalue weighted by Crippen LogP contribution is 2.57. The molecule has 5 atom stereocenters. The van der Waals surface area contributed by atoms with Crippen LogP contribution in [0.5, 0.6) is 5.88 Å². The van der Waals surface area contributed by atoms with Gasteiger partial charge in [0.2, 0.25) is 27.7 Å². The number of hydrogen-bond donors (Lipinski definition) is 2. The average Bonchev–Trinajstić information content (AvgIpc) is 3.96. The first-order chi connectivity index (χ1) is 26.0. The highest BCUT2D eigenvalue weighted by Gasteiger charge is 2.62. The normalized spacial score (nSPS) is 27.3. The molecule has 2 N–H and O–H groups in total. The van der Waals surface area contributed by atoms with Crippen molar-refractivity contribution in [3.63, 3.8) is 0 Å². The zero-order valence-electron chi connectivity index (χ0n) is 31.1. The molecule has 3 aromatic rings. The number of ether oxygens (including phenoxy) is 1. The van der Waals surface area contributed by atoms with Gasteiger partial charge in [0.1, 0.15) is 34.9 Å². The van der Waals surface area contributed by atoms with Gasteiger partial charge >= 0.3 is 0 Å². The van der Waals surface area contributed by atoms with Crippen LogP contribution in [-0.4, -0.2) is 81.4 Å². The van der Waals surface area contributed by atoms with Gasteiger partial charge in [-0.15, -0.1) is 0 Å². The van der Waals surface area contributed by atoms with Crippen LogP contribution in [0.1, 0.15) is 98.6 Å². The van der Waals surface area contributed by atoms with E-state index in [0.29, 0.717) is 52.7 Å². The number of aromatic nitrogens is 3. The maximum absolute atomic E-state index is 14.6. The predicted octanol–water partition coefficient (Wildman–Crippen LogP) is 5.08. The first kappa shape index (κ1) is 39.0. The Morgan fingerprint density at radius 1 is 1.11 bits per heavy atom. The fraction of sp³-hybridized carbons (Fsp3) is 0.553. The second-order valence-electron chi connectivity index (χ2n) is 15.7. The van der Waals surface area contributed by atoms with Crippen LogP contribution >= 0.6 is 15.9 Å². The highest BCUT2D eigenvalue weighted by molar-refractivity contribution is 9.10. The number of nitrogens with zero attached hydrogens (tertiary/aromatic N) is 4. The fourth-order valence-electron chi connectivity index (χ4n) is 7.57. The lowest BCUT2D eigenvalue weighted by Crippen LogP contribution is -2.52. The Kier molecular flexibility index (Phi) is 10.4. The Bertz CT molecular complexity index is 2220. The van der Waals surface area contributed by atoms with Crippen LogP contribution in [0.2, 0.25) is 0 Å². The molecule has 2 saturated carbocycles. The molecule has 1 aromatic carbocycles. The van der Waals surface area contributed by atoms with Gasteiger partial charge in [-0.3, -0.25) is 23.9 Å². The van der Waals surface area contributed by atoms with E-state index in [4.69, 9.17) is 9.26 Å². The van der Waals surface area contributed by atoms with Crippen LogP contribution < -0.4 is 14.8 Å². The number of benzene rings is 1. The summed E-state index contributed by atoms with van der Waals surface area (Å²) >= 11 is 3.33. The number of halogens is 2. The molecule has 1 saturated heterocycles. The molecule has 0 radical (unpaired) electrons. The number of carbonyl (C=O) groups is 4. The summed E-state index contributed by atoms with van der Waals surface area (Å²) in [5.74, 6) is -2.58. The molecule has 0 unspecified atom stereocenters. The number of amides is 3. The van der Waals surface area contributed by atoms with E-state index in [2.05, 4.69) is 41.1 Å². The number of hydrogen-bond acceptors (Lipinski definition) is 11. The average molecular weight is 844 g/mol. The van der Waals surface area contributed by atoms with E-state index in [1.54, 1.807) is 27.7 Å². The van der Waals surface area contributed by atoms with Crippen LogP contribution in [0.4, 0.5) is 4.39 Å². The molecule has 3 amide bonds. The standard InChI is InChI=1S/C38H44BrFN6O8S/c1-20-22(3)54-44-31(20)33(48)42-27-11-9-7-5-6-8-10-23-17-38(23,36(50)45-55(51,52)37(4)12-13-37)18-30(47)29-16-25(19-46(29)35(27)49)53-34-21(2)41-32-26(39)14-24(40)15-28(32)43-34/h8,10,14-15,23,25,27,29H,5-7,9,11-13,16-19H2,1-4H3,(H,42,48)(H,45,50)/b10-8-/t23-,25-,27+,29+,38-/m1/s1. The molecule has 0 bridgehead atoms. The Balaban J connectivity index is 1.21. The van der Waals surface area contributed by atoms with Gasteiger partial charge in [0.25, 0.3) is 5.91 Å².